The van der Waals surface area contributed by atoms with E-state index in [2.05, 4.69) is 81.8 Å². The maximum Gasteiger partial charge on any atom is 0.251 e. The van der Waals surface area contributed by atoms with Crippen LogP contribution in [0.2, 0.25) is 0 Å². The molecule has 0 aliphatic heterocycles. The monoisotopic (exact) mass is 596 g/mol. The second-order valence-electron chi connectivity index (χ2n) is 8.60. The van der Waals surface area contributed by atoms with Crippen molar-refractivity contribution in [3.8, 4) is 0 Å². The highest BCUT2D eigenvalue weighted by Crippen LogP contribution is 2.25. The van der Waals surface area contributed by atoms with E-state index < -0.39 is 12.1 Å². The van der Waals surface area contributed by atoms with Crippen LogP contribution in [0.4, 0.5) is 0 Å². The van der Waals surface area contributed by atoms with Crippen molar-refractivity contribution in [1.82, 2.24) is 10.6 Å². The average molecular weight is 597 g/mol. The molecule has 2 atom stereocenters. The molecule has 4 nitrogen and oxygen atoms in total. The van der Waals surface area contributed by atoms with Crippen LogP contribution in [0.1, 0.15) is 21.5 Å². The first-order chi connectivity index (χ1) is 17.0. The van der Waals surface area contributed by atoms with Crippen LogP contribution in [-0.4, -0.2) is 35.5 Å². The molecule has 0 saturated carbocycles. The SMILES string of the molecule is Cc1cccc(C(=O)N[C@@H](CSc2ccc3ccccc3c2)[C@H](O)CNCc2cccc(I)c2)c1. The number of carbonyl (C=O) groups is 1. The Labute approximate surface area is 224 Å². The summed E-state index contributed by atoms with van der Waals surface area (Å²) in [5.41, 5.74) is 2.79. The molecule has 1 amide bonds. The van der Waals surface area contributed by atoms with E-state index in [1.807, 2.05) is 43.3 Å². The van der Waals surface area contributed by atoms with Gasteiger partial charge in [-0.15, -0.1) is 11.8 Å². The number of carbonyl (C=O) groups excluding carboxylic acids is 1. The third-order valence-corrected chi connectivity index (χ3v) is 7.57. The van der Waals surface area contributed by atoms with Gasteiger partial charge in [-0.1, -0.05) is 60.2 Å². The largest absolute Gasteiger partial charge is 0.390 e. The van der Waals surface area contributed by atoms with Crippen LogP contribution in [0.3, 0.4) is 0 Å². The molecule has 0 fully saturated rings. The summed E-state index contributed by atoms with van der Waals surface area (Å²) >= 11 is 3.94. The molecule has 0 saturated heterocycles. The third kappa shape index (κ3) is 7.54. The summed E-state index contributed by atoms with van der Waals surface area (Å²) in [4.78, 5) is 14.1. The van der Waals surface area contributed by atoms with Crippen LogP contribution in [-0.2, 0) is 6.54 Å². The fourth-order valence-electron chi connectivity index (χ4n) is 3.88. The van der Waals surface area contributed by atoms with Crippen LogP contribution in [0.25, 0.3) is 10.8 Å². The number of thioether (sulfide) groups is 1. The Bertz CT molecular complexity index is 1300. The predicted octanol–water partition coefficient (Wildman–Crippen LogP) is 5.79. The number of nitrogens with one attached hydrogen (secondary N) is 2. The Morgan fingerprint density at radius 3 is 2.54 bits per heavy atom. The molecule has 0 spiro atoms. The van der Waals surface area contributed by atoms with E-state index in [-0.39, 0.29) is 5.91 Å². The molecule has 3 N–H and O–H groups in total. The highest BCUT2D eigenvalue weighted by Gasteiger charge is 2.22. The Balaban J connectivity index is 1.43. The summed E-state index contributed by atoms with van der Waals surface area (Å²) in [7, 11) is 0. The molecular formula is C29H29IN2O2S. The first-order valence-electron chi connectivity index (χ1n) is 11.6. The van der Waals surface area contributed by atoms with Crippen molar-refractivity contribution in [1.29, 1.82) is 0 Å². The number of aliphatic hydroxyl groups is 1. The minimum Gasteiger partial charge on any atom is -0.390 e. The van der Waals surface area contributed by atoms with E-state index in [1.165, 1.54) is 14.3 Å². The molecule has 0 aromatic heterocycles. The van der Waals surface area contributed by atoms with Gasteiger partial charge in [0.15, 0.2) is 0 Å². The van der Waals surface area contributed by atoms with Crippen molar-refractivity contribution in [2.45, 2.75) is 30.5 Å². The molecule has 0 bridgehead atoms. The molecule has 4 aromatic carbocycles. The molecule has 4 rings (SSSR count). The summed E-state index contributed by atoms with van der Waals surface area (Å²) in [5, 5.41) is 19.8. The van der Waals surface area contributed by atoms with E-state index >= 15 is 0 Å². The van der Waals surface area contributed by atoms with Gasteiger partial charge in [0.05, 0.1) is 12.1 Å². The highest BCUT2D eigenvalue weighted by atomic mass is 127. The lowest BCUT2D eigenvalue weighted by molar-refractivity contribution is 0.0854. The van der Waals surface area contributed by atoms with Gasteiger partial charge in [0.2, 0.25) is 0 Å². The fraction of sp³-hybridized carbons (Fsp3) is 0.207. The lowest BCUT2D eigenvalue weighted by Crippen LogP contribution is -2.49. The van der Waals surface area contributed by atoms with Gasteiger partial charge in [0.1, 0.15) is 0 Å². The molecular weight excluding hydrogens is 567 g/mol. The number of aliphatic hydroxyl groups excluding tert-OH is 1. The number of benzene rings is 4. The molecule has 0 aliphatic carbocycles. The molecule has 0 heterocycles. The third-order valence-electron chi connectivity index (χ3n) is 5.78. The lowest BCUT2D eigenvalue weighted by Gasteiger charge is -2.25. The average Bonchev–Trinajstić information content (AvgIpc) is 2.86. The van der Waals surface area contributed by atoms with Gasteiger partial charge in [0, 0.05) is 32.9 Å². The van der Waals surface area contributed by atoms with Gasteiger partial charge in [-0.05, 0) is 82.2 Å². The van der Waals surface area contributed by atoms with Gasteiger partial charge < -0.3 is 15.7 Å². The molecule has 4 aromatic rings. The van der Waals surface area contributed by atoms with Gasteiger partial charge in [-0.3, -0.25) is 4.79 Å². The number of hydrogen-bond acceptors (Lipinski definition) is 4. The van der Waals surface area contributed by atoms with E-state index in [0.29, 0.717) is 24.4 Å². The summed E-state index contributed by atoms with van der Waals surface area (Å²) in [5.74, 6) is 0.386. The maximum absolute atomic E-state index is 13.0. The summed E-state index contributed by atoms with van der Waals surface area (Å²) in [6.07, 6.45) is -0.737. The number of rotatable bonds is 10. The zero-order valence-electron chi connectivity index (χ0n) is 19.6. The minimum atomic E-state index is -0.737. The van der Waals surface area contributed by atoms with Gasteiger partial charge in [-0.25, -0.2) is 0 Å². The highest BCUT2D eigenvalue weighted by molar-refractivity contribution is 14.1. The lowest BCUT2D eigenvalue weighted by atomic mass is 10.1. The topological polar surface area (TPSA) is 61.4 Å². The number of hydrogen-bond donors (Lipinski definition) is 3. The van der Waals surface area contributed by atoms with Gasteiger partial charge in [0.25, 0.3) is 5.91 Å². The normalized spacial score (nSPS) is 12.9. The number of fused-ring (bicyclic) bond motifs is 1. The van der Waals surface area contributed by atoms with E-state index in [9.17, 15) is 9.90 Å². The second-order valence-corrected chi connectivity index (χ2v) is 10.9. The molecule has 6 heteroatoms. The number of aryl methyl sites for hydroxylation is 1. The minimum absolute atomic E-state index is 0.172. The number of halogens is 1. The van der Waals surface area contributed by atoms with Crippen LogP contribution in [0, 0.1) is 10.5 Å². The molecule has 0 aliphatic rings. The van der Waals surface area contributed by atoms with Crippen molar-refractivity contribution in [3.05, 3.63) is 111 Å². The summed E-state index contributed by atoms with van der Waals surface area (Å²) in [6, 6.07) is 30.0. The second kappa shape index (κ2) is 12.5. The van der Waals surface area contributed by atoms with Crippen LogP contribution < -0.4 is 10.6 Å². The smallest absolute Gasteiger partial charge is 0.251 e. The van der Waals surface area contributed by atoms with Crippen molar-refractivity contribution < 1.29 is 9.90 Å². The van der Waals surface area contributed by atoms with Crippen molar-refractivity contribution in [2.75, 3.05) is 12.3 Å². The van der Waals surface area contributed by atoms with Crippen molar-refractivity contribution in [3.63, 3.8) is 0 Å². The predicted molar refractivity (Wildman–Crippen MR) is 154 cm³/mol. The van der Waals surface area contributed by atoms with Gasteiger partial charge >= 0.3 is 0 Å². The van der Waals surface area contributed by atoms with E-state index in [0.717, 1.165) is 16.0 Å². The quantitative estimate of drug-likeness (QED) is 0.160. The first-order valence-corrected chi connectivity index (χ1v) is 13.7. The molecule has 35 heavy (non-hydrogen) atoms. The summed E-state index contributed by atoms with van der Waals surface area (Å²) < 4.78 is 1.18. The molecule has 0 radical (unpaired) electrons. The van der Waals surface area contributed by atoms with Crippen molar-refractivity contribution in [2.24, 2.45) is 0 Å². The van der Waals surface area contributed by atoms with Crippen LogP contribution in [0.5, 0.6) is 0 Å². The number of amides is 1. The Morgan fingerprint density at radius 1 is 0.943 bits per heavy atom. The standard InChI is InChI=1S/C29H29IN2O2S/c1-20-6-4-10-24(14-20)29(34)32-27(28(33)18-31-17-21-7-5-11-25(30)15-21)19-35-26-13-12-22-8-2-3-9-23(22)16-26/h2-16,27-28,31,33H,17-19H2,1H3,(H,32,34)/t27-,28+/m0/s1. The molecule has 0 unspecified atom stereocenters. The zero-order chi connectivity index (χ0) is 24.6. The molecule has 180 valence electrons. The van der Waals surface area contributed by atoms with Crippen LogP contribution in [0.15, 0.2) is 95.9 Å². The fourth-order valence-corrected chi connectivity index (χ4v) is 5.54. The first kappa shape index (κ1) is 25.7. The Kier molecular flexibility index (Phi) is 9.20. The Morgan fingerprint density at radius 2 is 1.74 bits per heavy atom. The van der Waals surface area contributed by atoms with Crippen LogP contribution >= 0.6 is 34.4 Å². The Hall–Kier alpha value is -2.39. The van der Waals surface area contributed by atoms with Gasteiger partial charge in [-0.2, -0.15) is 0 Å². The van der Waals surface area contributed by atoms with Crippen molar-refractivity contribution >= 4 is 51.0 Å². The maximum atomic E-state index is 13.0. The van der Waals surface area contributed by atoms with E-state index in [1.54, 1.807) is 17.8 Å². The van der Waals surface area contributed by atoms with E-state index in [4.69, 9.17) is 0 Å². The summed E-state index contributed by atoms with van der Waals surface area (Å²) in [6.45, 7) is 3.00. The zero-order valence-corrected chi connectivity index (χ0v) is 22.6.